The van der Waals surface area contributed by atoms with Crippen LogP contribution in [0.5, 0.6) is 5.75 Å². The van der Waals surface area contributed by atoms with Gasteiger partial charge in [-0.15, -0.1) is 0 Å². The topological polar surface area (TPSA) is 63.6 Å². The first-order valence-corrected chi connectivity index (χ1v) is 8.07. The first-order chi connectivity index (χ1) is 8.42. The van der Waals surface area contributed by atoms with Crippen LogP contribution in [-0.4, -0.2) is 32.1 Å². The average Bonchev–Trinajstić information content (AvgIpc) is 2.33. The van der Waals surface area contributed by atoms with Gasteiger partial charge in [0.2, 0.25) is 0 Å². The molecule has 0 bridgehead atoms. The van der Waals surface area contributed by atoms with Crippen LogP contribution in [0.25, 0.3) is 0 Å². The molecule has 0 spiro atoms. The number of aliphatic hydroxyl groups is 1. The lowest BCUT2D eigenvalue weighted by Crippen LogP contribution is -2.08. The molecule has 18 heavy (non-hydrogen) atoms. The Hall–Kier alpha value is -1.07. The average molecular weight is 272 g/mol. The van der Waals surface area contributed by atoms with E-state index >= 15 is 0 Å². The predicted octanol–water partition coefficient (Wildman–Crippen LogP) is 1.94. The number of hydrogen-bond acceptors (Lipinski definition) is 4. The Labute approximate surface area is 109 Å². The van der Waals surface area contributed by atoms with Crippen LogP contribution >= 0.6 is 0 Å². The van der Waals surface area contributed by atoms with Crippen LogP contribution in [0.3, 0.4) is 0 Å². The molecule has 0 heterocycles. The Morgan fingerprint density at radius 3 is 2.72 bits per heavy atom. The summed E-state index contributed by atoms with van der Waals surface area (Å²) in [4.78, 5) is 0. The Bertz CT molecular complexity index is 468. The van der Waals surface area contributed by atoms with Gasteiger partial charge in [-0.3, -0.25) is 0 Å². The van der Waals surface area contributed by atoms with Gasteiger partial charge in [0.25, 0.3) is 0 Å². The summed E-state index contributed by atoms with van der Waals surface area (Å²) in [6.45, 7) is 2.65. The van der Waals surface area contributed by atoms with Crippen molar-refractivity contribution in [2.75, 3.05) is 18.6 Å². The second kappa shape index (κ2) is 6.75. The fraction of sp³-hybridized carbons (Fsp3) is 0.538. The zero-order valence-electron chi connectivity index (χ0n) is 10.8. The minimum Gasteiger partial charge on any atom is -0.494 e. The van der Waals surface area contributed by atoms with Crippen molar-refractivity contribution in [3.63, 3.8) is 0 Å². The van der Waals surface area contributed by atoms with Crippen LogP contribution in [0.2, 0.25) is 0 Å². The van der Waals surface area contributed by atoms with Crippen molar-refractivity contribution >= 4 is 9.84 Å². The molecular formula is C13H20O4S. The monoisotopic (exact) mass is 272 g/mol. The molecule has 1 aromatic rings. The van der Waals surface area contributed by atoms with Crippen LogP contribution in [-0.2, 0) is 9.84 Å². The van der Waals surface area contributed by atoms with E-state index in [1.54, 1.807) is 18.2 Å². The van der Waals surface area contributed by atoms with E-state index < -0.39 is 15.9 Å². The Kier molecular flexibility index (Phi) is 5.62. The van der Waals surface area contributed by atoms with Gasteiger partial charge in [0.1, 0.15) is 15.6 Å². The Morgan fingerprint density at radius 1 is 1.39 bits per heavy atom. The van der Waals surface area contributed by atoms with E-state index in [1.807, 2.05) is 13.0 Å². The summed E-state index contributed by atoms with van der Waals surface area (Å²) >= 11 is 0. The van der Waals surface area contributed by atoms with Crippen molar-refractivity contribution < 1.29 is 18.3 Å². The van der Waals surface area contributed by atoms with Gasteiger partial charge in [0.15, 0.2) is 0 Å². The van der Waals surface area contributed by atoms with Crippen LogP contribution in [0.15, 0.2) is 24.3 Å². The molecular weight excluding hydrogens is 252 g/mol. The molecule has 0 amide bonds. The second-order valence-corrected chi connectivity index (χ2v) is 6.62. The number of ether oxygens (including phenoxy) is 1. The van der Waals surface area contributed by atoms with E-state index in [2.05, 4.69) is 0 Å². The summed E-state index contributed by atoms with van der Waals surface area (Å²) < 4.78 is 27.5. The molecule has 0 aliphatic carbocycles. The van der Waals surface area contributed by atoms with Crippen LogP contribution in [0.1, 0.15) is 31.4 Å². The molecule has 0 aliphatic heterocycles. The van der Waals surface area contributed by atoms with E-state index in [0.29, 0.717) is 17.9 Å². The van der Waals surface area contributed by atoms with E-state index in [1.165, 1.54) is 6.26 Å². The van der Waals surface area contributed by atoms with Crippen LogP contribution in [0.4, 0.5) is 0 Å². The molecule has 1 unspecified atom stereocenters. The fourth-order valence-electron chi connectivity index (χ4n) is 1.52. The van der Waals surface area contributed by atoms with Crippen molar-refractivity contribution in [1.29, 1.82) is 0 Å². The molecule has 102 valence electrons. The van der Waals surface area contributed by atoms with Crippen molar-refractivity contribution in [3.05, 3.63) is 29.8 Å². The smallest absolute Gasteiger partial charge is 0.147 e. The molecule has 1 N–H and O–H groups in total. The Balaban J connectivity index is 2.64. The van der Waals surface area contributed by atoms with E-state index in [9.17, 15) is 13.5 Å². The standard InChI is InChI=1S/C13H20O4S/c1-3-8-17-12-6-4-5-11(10-12)13(14)7-9-18(2,15)16/h4-6,10,13-14H,3,7-9H2,1-2H3. The summed E-state index contributed by atoms with van der Waals surface area (Å²) in [5, 5.41) is 9.91. The maximum absolute atomic E-state index is 11.0. The van der Waals surface area contributed by atoms with Crippen molar-refractivity contribution in [3.8, 4) is 5.75 Å². The molecule has 0 saturated heterocycles. The van der Waals surface area contributed by atoms with Crippen molar-refractivity contribution in [2.24, 2.45) is 0 Å². The van der Waals surface area contributed by atoms with E-state index in [4.69, 9.17) is 4.74 Å². The van der Waals surface area contributed by atoms with Crippen molar-refractivity contribution in [1.82, 2.24) is 0 Å². The van der Waals surface area contributed by atoms with Gasteiger partial charge in [-0.05, 0) is 30.5 Å². The molecule has 0 saturated carbocycles. The normalized spacial score (nSPS) is 13.3. The molecule has 5 heteroatoms. The SMILES string of the molecule is CCCOc1cccc(C(O)CCS(C)(=O)=O)c1. The van der Waals surface area contributed by atoms with Crippen LogP contribution < -0.4 is 4.74 Å². The van der Waals surface area contributed by atoms with Gasteiger partial charge in [0, 0.05) is 6.26 Å². The molecule has 1 atom stereocenters. The zero-order valence-corrected chi connectivity index (χ0v) is 11.6. The second-order valence-electron chi connectivity index (χ2n) is 4.36. The summed E-state index contributed by atoms with van der Waals surface area (Å²) in [6.07, 6.45) is 1.52. The van der Waals surface area contributed by atoms with Gasteiger partial charge in [-0.25, -0.2) is 8.42 Å². The number of rotatable bonds is 7. The summed E-state index contributed by atoms with van der Waals surface area (Å²) in [6, 6.07) is 7.14. The zero-order chi connectivity index (χ0) is 13.6. The highest BCUT2D eigenvalue weighted by Gasteiger charge is 2.12. The lowest BCUT2D eigenvalue weighted by molar-refractivity contribution is 0.173. The largest absolute Gasteiger partial charge is 0.494 e. The maximum Gasteiger partial charge on any atom is 0.147 e. The lowest BCUT2D eigenvalue weighted by atomic mass is 10.1. The lowest BCUT2D eigenvalue weighted by Gasteiger charge is -2.12. The number of sulfone groups is 1. The van der Waals surface area contributed by atoms with Gasteiger partial charge in [0.05, 0.1) is 18.5 Å². The van der Waals surface area contributed by atoms with Gasteiger partial charge >= 0.3 is 0 Å². The van der Waals surface area contributed by atoms with Crippen LogP contribution in [0, 0.1) is 0 Å². The Morgan fingerprint density at radius 2 is 2.11 bits per heavy atom. The maximum atomic E-state index is 11.0. The third-order valence-corrected chi connectivity index (χ3v) is 3.46. The minimum atomic E-state index is -3.04. The molecule has 1 rings (SSSR count). The molecule has 0 radical (unpaired) electrons. The third-order valence-electron chi connectivity index (χ3n) is 2.48. The van der Waals surface area contributed by atoms with Gasteiger partial charge < -0.3 is 9.84 Å². The first-order valence-electron chi connectivity index (χ1n) is 6.01. The highest BCUT2D eigenvalue weighted by molar-refractivity contribution is 7.90. The molecule has 1 aromatic carbocycles. The fourth-order valence-corrected chi connectivity index (χ4v) is 2.18. The minimum absolute atomic E-state index is 0.0196. The predicted molar refractivity (Wildman–Crippen MR) is 71.5 cm³/mol. The van der Waals surface area contributed by atoms with Crippen molar-refractivity contribution in [2.45, 2.75) is 25.9 Å². The number of aliphatic hydroxyl groups excluding tert-OH is 1. The molecule has 0 aliphatic rings. The summed E-state index contributed by atoms with van der Waals surface area (Å²) in [5.41, 5.74) is 0.687. The molecule has 4 nitrogen and oxygen atoms in total. The summed E-state index contributed by atoms with van der Waals surface area (Å²) in [5.74, 6) is 0.682. The highest BCUT2D eigenvalue weighted by Crippen LogP contribution is 2.22. The third kappa shape index (κ3) is 5.51. The van der Waals surface area contributed by atoms with Gasteiger partial charge in [-0.2, -0.15) is 0 Å². The molecule has 0 fully saturated rings. The number of hydrogen-bond donors (Lipinski definition) is 1. The van der Waals surface area contributed by atoms with E-state index in [0.717, 1.165) is 6.42 Å². The van der Waals surface area contributed by atoms with E-state index in [-0.39, 0.29) is 12.2 Å². The quantitative estimate of drug-likeness (QED) is 0.824. The molecule has 0 aromatic heterocycles. The first kappa shape index (κ1) is 15.0. The van der Waals surface area contributed by atoms with Gasteiger partial charge in [-0.1, -0.05) is 19.1 Å². The number of benzene rings is 1. The summed E-state index contributed by atoms with van der Waals surface area (Å²) in [7, 11) is -3.04. The highest BCUT2D eigenvalue weighted by atomic mass is 32.2.